The highest BCUT2D eigenvalue weighted by atomic mass is 35.5. The van der Waals surface area contributed by atoms with Crippen molar-refractivity contribution < 1.29 is 4.79 Å². The van der Waals surface area contributed by atoms with Crippen LogP contribution in [-0.2, 0) is 4.79 Å². The third-order valence-corrected chi connectivity index (χ3v) is 5.53. The highest BCUT2D eigenvalue weighted by Gasteiger charge is 2.29. The summed E-state index contributed by atoms with van der Waals surface area (Å²) < 4.78 is 1.58. The number of nitrogens with one attached hydrogen (secondary N) is 1. The monoisotopic (exact) mass is 483 g/mol. The average Bonchev–Trinajstić information content (AvgIpc) is 2.78. The Hall–Kier alpha value is -3.26. The molecular weight excluding hydrogens is 461 g/mol. The van der Waals surface area contributed by atoms with Crippen molar-refractivity contribution in [2.45, 2.75) is 0 Å². The molecule has 33 heavy (non-hydrogen) atoms. The van der Waals surface area contributed by atoms with Crippen molar-refractivity contribution in [1.82, 2.24) is 19.4 Å². The van der Waals surface area contributed by atoms with Gasteiger partial charge in [0.1, 0.15) is 5.82 Å². The average molecular weight is 484 g/mol. The van der Waals surface area contributed by atoms with E-state index in [0.29, 0.717) is 22.4 Å². The molecule has 0 atom stereocenters. The molecule has 0 aliphatic carbocycles. The molecule has 0 bridgehead atoms. The molecular formula is C24H23Cl2N5O2. The van der Waals surface area contributed by atoms with E-state index >= 15 is 0 Å². The molecule has 0 unspecified atom stereocenters. The van der Waals surface area contributed by atoms with E-state index in [1.807, 2.05) is 55.6 Å². The number of halogens is 2. The van der Waals surface area contributed by atoms with Crippen LogP contribution in [0.2, 0.25) is 0 Å². The third kappa shape index (κ3) is 4.75. The summed E-state index contributed by atoms with van der Waals surface area (Å²) in [6.07, 6.45) is 3.31. The topological polar surface area (TPSA) is 80.1 Å². The summed E-state index contributed by atoms with van der Waals surface area (Å²) in [5.74, 6) is 0.583. The molecule has 170 valence electrons. The molecule has 1 amide bonds. The highest BCUT2D eigenvalue weighted by Crippen LogP contribution is 2.24. The second kappa shape index (κ2) is 10.1. The van der Waals surface area contributed by atoms with Gasteiger partial charge in [-0.05, 0) is 55.6 Å². The highest BCUT2D eigenvalue weighted by molar-refractivity contribution is 5.93. The van der Waals surface area contributed by atoms with Gasteiger partial charge in [-0.25, -0.2) is 4.98 Å². The lowest BCUT2D eigenvalue weighted by Crippen LogP contribution is -2.49. The van der Waals surface area contributed by atoms with Crippen LogP contribution in [0.3, 0.4) is 0 Å². The van der Waals surface area contributed by atoms with Gasteiger partial charge in [-0.15, -0.1) is 24.8 Å². The van der Waals surface area contributed by atoms with Gasteiger partial charge in [0.15, 0.2) is 0 Å². The minimum absolute atomic E-state index is 0. The van der Waals surface area contributed by atoms with Crippen LogP contribution in [0.25, 0.3) is 28.0 Å². The van der Waals surface area contributed by atoms with Crippen LogP contribution >= 0.6 is 24.8 Å². The zero-order valence-electron chi connectivity index (χ0n) is 17.8. The van der Waals surface area contributed by atoms with Gasteiger partial charge in [0.05, 0.1) is 28.7 Å². The predicted octanol–water partition coefficient (Wildman–Crippen LogP) is 3.79. The number of pyridine rings is 1. The summed E-state index contributed by atoms with van der Waals surface area (Å²) in [6.45, 7) is 1.56. The number of likely N-dealkylation sites (tertiary alicyclic amines) is 1. The summed E-state index contributed by atoms with van der Waals surface area (Å²) in [5.41, 5.74) is 2.62. The predicted molar refractivity (Wildman–Crippen MR) is 135 cm³/mol. The van der Waals surface area contributed by atoms with Crippen molar-refractivity contribution in [3.8, 4) is 17.1 Å². The van der Waals surface area contributed by atoms with Crippen LogP contribution < -0.4 is 10.9 Å². The lowest BCUT2D eigenvalue weighted by Gasteiger charge is -2.34. The van der Waals surface area contributed by atoms with Crippen molar-refractivity contribution >= 4 is 47.3 Å². The zero-order valence-corrected chi connectivity index (χ0v) is 19.5. The number of anilines is 1. The molecule has 1 N–H and O–H groups in total. The van der Waals surface area contributed by atoms with Gasteiger partial charge in [-0.2, -0.15) is 0 Å². The van der Waals surface area contributed by atoms with E-state index < -0.39 is 0 Å². The molecule has 1 fully saturated rings. The Bertz CT molecular complexity index is 1320. The van der Waals surface area contributed by atoms with Crippen LogP contribution in [0.5, 0.6) is 0 Å². The number of para-hydroxylation sites is 1. The molecule has 2 aromatic heterocycles. The molecule has 9 heteroatoms. The van der Waals surface area contributed by atoms with Crippen LogP contribution in [0.15, 0.2) is 77.9 Å². The maximum atomic E-state index is 13.3. The first-order chi connectivity index (χ1) is 15.1. The van der Waals surface area contributed by atoms with Crippen LogP contribution in [0, 0.1) is 5.92 Å². The lowest BCUT2D eigenvalue weighted by molar-refractivity contribution is -0.124. The standard InChI is InChI=1S/C24H21N5O2.2ClH/c1-28-14-17(15-28)23(30)26-18-10-8-16(9-11-18)22-27-21-7-3-2-6-20(21)24(31)29(22)19-5-4-12-25-13-19;;/h2-13,17H,14-15H2,1H3,(H,26,30);2*1H. The fourth-order valence-electron chi connectivity index (χ4n) is 3.86. The van der Waals surface area contributed by atoms with Gasteiger partial charge in [0.2, 0.25) is 5.91 Å². The van der Waals surface area contributed by atoms with Gasteiger partial charge < -0.3 is 10.2 Å². The molecule has 4 aromatic rings. The summed E-state index contributed by atoms with van der Waals surface area (Å²) in [6, 6.07) is 18.3. The normalized spacial score (nSPS) is 13.5. The van der Waals surface area contributed by atoms with Gasteiger partial charge >= 0.3 is 0 Å². The molecule has 0 radical (unpaired) electrons. The Kier molecular flexibility index (Phi) is 7.48. The van der Waals surface area contributed by atoms with Crippen molar-refractivity contribution in [3.63, 3.8) is 0 Å². The number of amides is 1. The number of rotatable bonds is 4. The number of carbonyl (C=O) groups is 1. The molecule has 1 saturated heterocycles. The van der Waals surface area contributed by atoms with E-state index in [-0.39, 0.29) is 42.2 Å². The summed E-state index contributed by atoms with van der Waals surface area (Å²) in [5, 5.41) is 3.51. The van der Waals surface area contributed by atoms with E-state index in [0.717, 1.165) is 24.3 Å². The second-order valence-electron chi connectivity index (χ2n) is 7.79. The Morgan fingerprint density at radius 3 is 2.39 bits per heavy atom. The SMILES string of the molecule is CN1CC(C(=O)Nc2ccc(-c3nc4ccccc4c(=O)n3-c3cccnc3)cc2)C1.Cl.Cl. The van der Waals surface area contributed by atoms with Crippen molar-refractivity contribution in [1.29, 1.82) is 0 Å². The molecule has 1 aliphatic rings. The number of nitrogens with zero attached hydrogens (tertiary/aromatic N) is 4. The number of fused-ring (bicyclic) bond motifs is 1. The van der Waals surface area contributed by atoms with Crippen molar-refractivity contribution in [2.24, 2.45) is 5.92 Å². The number of carbonyl (C=O) groups excluding carboxylic acids is 1. The Morgan fingerprint density at radius 2 is 1.73 bits per heavy atom. The minimum atomic E-state index is -0.153. The van der Waals surface area contributed by atoms with Gasteiger partial charge in [0, 0.05) is 30.5 Å². The fraction of sp³-hybridized carbons (Fsp3) is 0.167. The number of aromatic nitrogens is 3. The third-order valence-electron chi connectivity index (χ3n) is 5.53. The molecule has 0 spiro atoms. The Balaban J connectivity index is 0.00000153. The molecule has 1 aliphatic heterocycles. The van der Waals surface area contributed by atoms with Crippen molar-refractivity contribution in [2.75, 3.05) is 25.5 Å². The Labute approximate surface area is 203 Å². The summed E-state index contributed by atoms with van der Waals surface area (Å²) in [7, 11) is 2.00. The molecule has 0 saturated carbocycles. The minimum Gasteiger partial charge on any atom is -0.326 e. The fourth-order valence-corrected chi connectivity index (χ4v) is 3.86. The van der Waals surface area contributed by atoms with E-state index in [1.54, 1.807) is 29.1 Å². The molecule has 7 nitrogen and oxygen atoms in total. The van der Waals surface area contributed by atoms with Gasteiger partial charge in [-0.3, -0.25) is 19.1 Å². The number of hydrogen-bond acceptors (Lipinski definition) is 5. The van der Waals surface area contributed by atoms with Gasteiger partial charge in [-0.1, -0.05) is 12.1 Å². The van der Waals surface area contributed by atoms with Crippen molar-refractivity contribution in [3.05, 3.63) is 83.4 Å². The zero-order chi connectivity index (χ0) is 21.4. The summed E-state index contributed by atoms with van der Waals surface area (Å²) >= 11 is 0. The Morgan fingerprint density at radius 1 is 1.00 bits per heavy atom. The lowest BCUT2D eigenvalue weighted by atomic mass is 10.0. The maximum absolute atomic E-state index is 13.3. The number of hydrogen-bond donors (Lipinski definition) is 1. The van der Waals surface area contributed by atoms with Crippen LogP contribution in [0.1, 0.15) is 0 Å². The second-order valence-corrected chi connectivity index (χ2v) is 7.79. The smallest absolute Gasteiger partial charge is 0.266 e. The van der Waals surface area contributed by atoms with E-state index in [2.05, 4.69) is 15.2 Å². The first kappa shape index (κ1) is 24.4. The van der Waals surface area contributed by atoms with Crippen LogP contribution in [0.4, 0.5) is 5.69 Å². The molecule has 5 rings (SSSR count). The quantitative estimate of drug-likeness (QED) is 0.477. The van der Waals surface area contributed by atoms with Crippen LogP contribution in [-0.4, -0.2) is 45.5 Å². The maximum Gasteiger partial charge on any atom is 0.266 e. The van der Waals surface area contributed by atoms with Gasteiger partial charge in [0.25, 0.3) is 5.56 Å². The first-order valence-corrected chi connectivity index (χ1v) is 10.1. The van der Waals surface area contributed by atoms with E-state index in [1.165, 1.54) is 0 Å². The number of benzene rings is 2. The molecule has 2 aromatic carbocycles. The van der Waals surface area contributed by atoms with E-state index in [9.17, 15) is 9.59 Å². The first-order valence-electron chi connectivity index (χ1n) is 10.1. The summed E-state index contributed by atoms with van der Waals surface area (Å²) in [4.78, 5) is 36.7. The molecule has 3 heterocycles. The largest absolute Gasteiger partial charge is 0.326 e. The van der Waals surface area contributed by atoms with E-state index in [4.69, 9.17) is 4.98 Å².